The molecule has 0 unspecified atom stereocenters. The minimum atomic E-state index is 0.0598. The van der Waals surface area contributed by atoms with Gasteiger partial charge in [-0.05, 0) is 141 Å². The van der Waals surface area contributed by atoms with Crippen LogP contribution in [0.2, 0.25) is 0 Å². The van der Waals surface area contributed by atoms with Crippen molar-refractivity contribution in [2.45, 2.75) is 125 Å². The van der Waals surface area contributed by atoms with Gasteiger partial charge in [0.15, 0.2) is 7.28 Å². The van der Waals surface area contributed by atoms with Gasteiger partial charge in [-0.3, -0.25) is 0 Å². The van der Waals surface area contributed by atoms with Gasteiger partial charge < -0.3 is 9.88 Å². The lowest BCUT2D eigenvalue weighted by atomic mass is 9.56. The van der Waals surface area contributed by atoms with E-state index in [2.05, 4.69) is 201 Å². The second-order valence-electron chi connectivity index (χ2n) is 23.6. The zero-order valence-electron chi connectivity index (χ0n) is 41.3. The molecule has 0 amide bonds. The molecule has 3 heteroatoms. The summed E-state index contributed by atoms with van der Waals surface area (Å²) in [5, 5.41) is 5.06. The third-order valence-corrected chi connectivity index (χ3v) is 16.6. The number of H-pyrrole nitrogens is 1. The number of benzene rings is 6. The normalized spacial score (nSPS) is 17.7. The van der Waals surface area contributed by atoms with E-state index in [4.69, 9.17) is 0 Å². The molecule has 0 spiro atoms. The maximum absolute atomic E-state index is 4.67. The van der Waals surface area contributed by atoms with Gasteiger partial charge in [-0.1, -0.05) is 183 Å². The van der Waals surface area contributed by atoms with E-state index in [1.165, 1.54) is 142 Å². The maximum atomic E-state index is 4.67. The summed E-state index contributed by atoms with van der Waals surface area (Å²) in [5.74, 6) is 0. The van der Waals surface area contributed by atoms with E-state index in [0.29, 0.717) is 5.41 Å². The molecule has 11 rings (SSSR count). The van der Waals surface area contributed by atoms with E-state index in [9.17, 15) is 0 Å². The zero-order valence-corrected chi connectivity index (χ0v) is 41.3. The lowest BCUT2D eigenvalue weighted by Crippen LogP contribution is -2.38. The number of para-hydroxylation sites is 1. The summed E-state index contributed by atoms with van der Waals surface area (Å²) >= 11 is 0. The Labute approximate surface area is 394 Å². The summed E-state index contributed by atoms with van der Waals surface area (Å²) < 4.78 is 0. The van der Waals surface area contributed by atoms with Gasteiger partial charge in [0.05, 0.1) is 11.0 Å². The highest BCUT2D eigenvalue weighted by Crippen LogP contribution is 2.53. The van der Waals surface area contributed by atoms with Gasteiger partial charge in [-0.15, -0.1) is 0 Å². The van der Waals surface area contributed by atoms with Crippen LogP contribution in [0.15, 0.2) is 150 Å². The number of aromatic amines is 1. The summed E-state index contributed by atoms with van der Waals surface area (Å²) in [4.78, 5) is 6.80. The Morgan fingerprint density at radius 2 is 1.41 bits per heavy atom. The van der Waals surface area contributed by atoms with E-state index in [1.54, 1.807) is 5.57 Å². The zero-order chi connectivity index (χ0) is 46.1. The first-order valence-corrected chi connectivity index (χ1v) is 24.9. The number of hydrogen-bond acceptors (Lipinski definition) is 1. The fourth-order valence-corrected chi connectivity index (χ4v) is 12.3. The lowest BCUT2D eigenvalue weighted by molar-refractivity contribution is 0.284. The third-order valence-electron chi connectivity index (χ3n) is 16.6. The second-order valence-corrected chi connectivity index (χ2v) is 23.6. The Bertz CT molecular complexity index is 3290. The van der Waals surface area contributed by atoms with Gasteiger partial charge >= 0.3 is 0 Å². The van der Waals surface area contributed by atoms with Crippen LogP contribution in [0.4, 0.5) is 11.4 Å². The number of aromatic nitrogens is 1. The number of allylic oxidation sites excluding steroid dienone is 5. The monoisotopic (exact) mass is 863 g/mol. The molecule has 4 aliphatic rings. The standard InChI is InChI=1S/C63H67BN2/c1-12-54-58(48-35-41(26-24-38(48)2)61(6,7)31-30-60(3,4)5)66(42-27-29-52-53(36-42)63(10,11)33-32-62(52,8)9)59-51-34-40-19-14-15-20-43(40)49(51)37-50(55(59)64-54)46-23-17-22-45-47-28-25-39-18-13-16-21-44(39)56(47)65-57(45)46/h12-23,25,27-29,35-37,64-65H,1,24,26,30-34H2,2-11H3. The van der Waals surface area contributed by atoms with Crippen molar-refractivity contribution < 1.29 is 0 Å². The fraction of sp³-hybridized carbons (Fsp3) is 0.333. The average molecular weight is 863 g/mol. The molecule has 66 heavy (non-hydrogen) atoms. The minimum absolute atomic E-state index is 0.0598. The van der Waals surface area contributed by atoms with Gasteiger partial charge in [-0.25, -0.2) is 0 Å². The molecule has 0 radical (unpaired) electrons. The second kappa shape index (κ2) is 15.1. The van der Waals surface area contributed by atoms with Crippen molar-refractivity contribution in [1.29, 1.82) is 0 Å². The Hall–Kier alpha value is -5.80. The molecule has 0 saturated carbocycles. The average Bonchev–Trinajstić information content (AvgIpc) is 3.88. The summed E-state index contributed by atoms with van der Waals surface area (Å²) in [6.07, 6.45) is 12.7. The quantitative estimate of drug-likeness (QED) is 0.158. The first kappa shape index (κ1) is 42.8. The topological polar surface area (TPSA) is 19.0 Å². The van der Waals surface area contributed by atoms with Gasteiger partial charge in [0.2, 0.25) is 0 Å². The maximum Gasteiger partial charge on any atom is 0.198 e. The molecule has 2 nitrogen and oxygen atoms in total. The van der Waals surface area contributed by atoms with E-state index in [0.717, 1.165) is 26.5 Å². The summed E-state index contributed by atoms with van der Waals surface area (Å²) in [7, 11) is 0.806. The SMILES string of the molecule is C=CC1=C(C2=C(C)CCC(C(C)(C)CCC(C)(C)C)=C2)N(c2ccc3c(c2)C(C)(C)CCC3(C)C)c2c(c(-c3cccc4c3[nH]c3c5ccccc5ccc43)cc3c2Cc2ccccc2-3)B1. The highest BCUT2D eigenvalue weighted by Gasteiger charge is 2.41. The van der Waals surface area contributed by atoms with Gasteiger partial charge in [0.25, 0.3) is 0 Å². The van der Waals surface area contributed by atoms with Crippen molar-refractivity contribution in [3.8, 4) is 22.3 Å². The molecule has 0 fully saturated rings. The van der Waals surface area contributed by atoms with E-state index in [-0.39, 0.29) is 16.2 Å². The number of hydrogen-bond donors (Lipinski definition) is 1. The molecule has 332 valence electrons. The number of nitrogens with one attached hydrogen (secondary N) is 1. The molecule has 1 aliphatic heterocycles. The molecule has 0 bridgehead atoms. The molecule has 2 heterocycles. The van der Waals surface area contributed by atoms with Crippen molar-refractivity contribution >= 4 is 56.7 Å². The van der Waals surface area contributed by atoms with Gasteiger partial charge in [-0.2, -0.15) is 0 Å². The van der Waals surface area contributed by atoms with Crippen molar-refractivity contribution in [1.82, 2.24) is 4.98 Å². The van der Waals surface area contributed by atoms with Crippen LogP contribution in [0.25, 0.3) is 54.8 Å². The summed E-state index contributed by atoms with van der Waals surface area (Å²) in [6.45, 7) is 29.1. The van der Waals surface area contributed by atoms with Crippen molar-refractivity contribution in [3.63, 3.8) is 0 Å². The fourth-order valence-electron chi connectivity index (χ4n) is 12.3. The van der Waals surface area contributed by atoms with Gasteiger partial charge in [0.1, 0.15) is 0 Å². The van der Waals surface area contributed by atoms with Crippen LogP contribution in [0.3, 0.4) is 0 Å². The van der Waals surface area contributed by atoms with Crippen LogP contribution in [0, 0.1) is 10.8 Å². The Balaban J connectivity index is 1.22. The molecular weight excluding hydrogens is 796 g/mol. The van der Waals surface area contributed by atoms with Gasteiger partial charge in [0, 0.05) is 45.2 Å². The van der Waals surface area contributed by atoms with Crippen molar-refractivity contribution in [3.05, 3.63) is 172 Å². The number of rotatable bonds is 7. The minimum Gasteiger partial charge on any atom is -0.353 e. The smallest absolute Gasteiger partial charge is 0.198 e. The van der Waals surface area contributed by atoms with Crippen molar-refractivity contribution in [2.24, 2.45) is 10.8 Å². The predicted octanol–water partition coefficient (Wildman–Crippen LogP) is 16.6. The Kier molecular flexibility index (Phi) is 9.80. The number of fused-ring (bicyclic) bond motifs is 11. The molecule has 7 aromatic rings. The number of nitrogens with zero attached hydrogens (tertiary/aromatic N) is 1. The molecule has 6 aromatic carbocycles. The lowest BCUT2D eigenvalue weighted by Gasteiger charge is -2.44. The Morgan fingerprint density at radius 1 is 0.697 bits per heavy atom. The van der Waals surface area contributed by atoms with E-state index >= 15 is 0 Å². The van der Waals surface area contributed by atoms with Crippen molar-refractivity contribution in [2.75, 3.05) is 4.90 Å². The molecule has 0 atom stereocenters. The van der Waals surface area contributed by atoms with Crippen LogP contribution < -0.4 is 10.4 Å². The van der Waals surface area contributed by atoms with Crippen LogP contribution in [0.1, 0.15) is 130 Å². The van der Waals surface area contributed by atoms with Crippen LogP contribution >= 0.6 is 0 Å². The first-order chi connectivity index (χ1) is 31.4. The van der Waals surface area contributed by atoms with Crippen LogP contribution in [0.5, 0.6) is 0 Å². The van der Waals surface area contributed by atoms with Crippen LogP contribution in [-0.4, -0.2) is 12.3 Å². The molecule has 1 aromatic heterocycles. The highest BCUT2D eigenvalue weighted by atomic mass is 15.2. The summed E-state index contributed by atoms with van der Waals surface area (Å²) in [5.41, 5.74) is 25.1. The van der Waals surface area contributed by atoms with E-state index < -0.39 is 0 Å². The molecule has 1 N–H and O–H groups in total. The molecule has 0 saturated heterocycles. The summed E-state index contributed by atoms with van der Waals surface area (Å²) in [6, 6.07) is 39.6. The third kappa shape index (κ3) is 6.81. The molecular formula is C63H67BN2. The highest BCUT2D eigenvalue weighted by molar-refractivity contribution is 6.67. The predicted molar refractivity (Wildman–Crippen MR) is 287 cm³/mol. The van der Waals surface area contributed by atoms with Crippen LogP contribution in [-0.2, 0) is 17.3 Å². The number of anilines is 2. The largest absolute Gasteiger partial charge is 0.353 e. The molecule has 3 aliphatic carbocycles. The van der Waals surface area contributed by atoms with E-state index in [1.807, 2.05) is 0 Å². The first-order valence-electron chi connectivity index (χ1n) is 24.9. The Morgan fingerprint density at radius 3 is 2.20 bits per heavy atom.